The fraction of sp³-hybridized carbons (Fsp3) is 0.0278. The fourth-order valence-electron chi connectivity index (χ4n) is 5.48. The predicted octanol–water partition coefficient (Wildman–Crippen LogP) is 9.46. The molecule has 7 rings (SSSR count). The Kier molecular flexibility index (Phi) is 6.10. The number of anilines is 1. The summed E-state index contributed by atoms with van der Waals surface area (Å²) in [7, 11) is 0. The third-order valence-corrected chi connectivity index (χ3v) is 8.64. The van der Waals surface area contributed by atoms with E-state index in [1.54, 1.807) is 24.0 Å². The molecule has 0 saturated heterocycles. The molecule has 7 aromatic rings. The minimum atomic E-state index is 0.195. The summed E-state index contributed by atoms with van der Waals surface area (Å²) < 4.78 is 0. The molecule has 1 aromatic heterocycles. The number of thioether (sulfide) groups is 1. The smallest absolute Gasteiger partial charge is 0.141 e. The number of para-hydroxylation sites is 1. The number of phenolic OH excluding ortho intramolecular Hbond substituents is 1. The van der Waals surface area contributed by atoms with E-state index in [0.29, 0.717) is 5.52 Å². The third-order valence-electron chi connectivity index (χ3n) is 7.48. The molecule has 0 aliphatic carbocycles. The zero-order valence-corrected chi connectivity index (χ0v) is 22.5. The van der Waals surface area contributed by atoms with Crippen LogP contribution in [0.2, 0.25) is 0 Å². The number of aromatic nitrogens is 1. The molecule has 4 heteroatoms. The van der Waals surface area contributed by atoms with Crippen molar-refractivity contribution >= 4 is 49.9 Å². The second-order valence-corrected chi connectivity index (χ2v) is 11.0. The van der Waals surface area contributed by atoms with Crippen LogP contribution in [0.4, 0.5) is 5.69 Å². The number of nitrogens with zero attached hydrogens (tertiary/aromatic N) is 1. The maximum Gasteiger partial charge on any atom is 0.141 e. The number of fused-ring (bicyclic) bond motifs is 3. The Morgan fingerprint density at radius 1 is 0.650 bits per heavy atom. The van der Waals surface area contributed by atoms with Gasteiger partial charge in [-0.1, -0.05) is 78.9 Å². The Bertz CT molecular complexity index is 2030. The maximum absolute atomic E-state index is 10.5. The van der Waals surface area contributed by atoms with Crippen molar-refractivity contribution in [3.05, 3.63) is 133 Å². The Labute approximate surface area is 236 Å². The lowest BCUT2D eigenvalue weighted by atomic mass is 9.89. The first kappa shape index (κ1) is 24.3. The van der Waals surface area contributed by atoms with E-state index in [9.17, 15) is 5.11 Å². The highest BCUT2D eigenvalue weighted by molar-refractivity contribution is 7.98. The molecule has 0 aliphatic rings. The number of benzene rings is 6. The van der Waals surface area contributed by atoms with Crippen LogP contribution in [0.1, 0.15) is 5.56 Å². The van der Waals surface area contributed by atoms with E-state index in [2.05, 4.69) is 83.8 Å². The largest absolute Gasteiger partial charge is 0.506 e. The van der Waals surface area contributed by atoms with Crippen molar-refractivity contribution in [2.24, 2.45) is 0 Å². The third kappa shape index (κ3) is 4.33. The zero-order chi connectivity index (χ0) is 27.1. The van der Waals surface area contributed by atoms with Crippen molar-refractivity contribution in [1.82, 2.24) is 4.98 Å². The van der Waals surface area contributed by atoms with Gasteiger partial charge in [0, 0.05) is 27.9 Å². The maximum atomic E-state index is 10.5. The highest BCUT2D eigenvalue weighted by Gasteiger charge is 2.15. The standard InChI is InChI=1S/C36H26N2OS/c37-32-9-3-4-10-34(32)40-22-23-11-13-24(14-12-23)25-15-16-29-27(20-25)21-26-6-1-2-7-28(26)35(29)30-17-18-33(39)36-31(30)8-5-19-38-36/h1-21,39H,22,37H2. The van der Waals surface area contributed by atoms with E-state index in [0.717, 1.165) is 32.8 Å². The molecule has 1 heterocycles. The Hall–Kier alpha value is -4.80. The van der Waals surface area contributed by atoms with Gasteiger partial charge in [0.25, 0.3) is 0 Å². The number of nitrogen functional groups attached to an aromatic ring is 1. The lowest BCUT2D eigenvalue weighted by molar-refractivity contribution is 0.480. The molecule has 0 aliphatic heterocycles. The first-order valence-corrected chi connectivity index (χ1v) is 14.2. The highest BCUT2D eigenvalue weighted by atomic mass is 32.2. The van der Waals surface area contributed by atoms with Gasteiger partial charge >= 0.3 is 0 Å². The molecule has 0 spiro atoms. The number of pyridine rings is 1. The second-order valence-electron chi connectivity index (χ2n) is 9.96. The summed E-state index contributed by atoms with van der Waals surface area (Å²) in [5.74, 6) is 1.07. The van der Waals surface area contributed by atoms with Crippen LogP contribution in [0, 0.1) is 0 Å². The molecule has 0 saturated carbocycles. The molecule has 0 radical (unpaired) electrons. The van der Waals surface area contributed by atoms with Crippen LogP contribution in [0.15, 0.2) is 132 Å². The van der Waals surface area contributed by atoms with Crippen LogP contribution >= 0.6 is 11.8 Å². The van der Waals surface area contributed by atoms with E-state index >= 15 is 0 Å². The monoisotopic (exact) mass is 534 g/mol. The lowest BCUT2D eigenvalue weighted by Gasteiger charge is -2.15. The molecule has 0 fully saturated rings. The SMILES string of the molecule is Nc1ccccc1SCc1ccc(-c2ccc3c(-c4ccc(O)c5ncccc45)c4ccccc4cc3c2)cc1. The topological polar surface area (TPSA) is 59.1 Å². The van der Waals surface area contributed by atoms with Gasteiger partial charge in [0.2, 0.25) is 0 Å². The molecular formula is C36H26N2OS. The van der Waals surface area contributed by atoms with Gasteiger partial charge in [-0.25, -0.2) is 0 Å². The van der Waals surface area contributed by atoms with Crippen molar-refractivity contribution in [1.29, 1.82) is 0 Å². The van der Waals surface area contributed by atoms with Crippen molar-refractivity contribution < 1.29 is 5.11 Å². The quantitative estimate of drug-likeness (QED) is 0.131. The Morgan fingerprint density at radius 3 is 2.27 bits per heavy atom. The molecule has 3 N–H and O–H groups in total. The van der Waals surface area contributed by atoms with Crippen LogP contribution < -0.4 is 5.73 Å². The van der Waals surface area contributed by atoms with E-state index in [4.69, 9.17) is 5.73 Å². The minimum Gasteiger partial charge on any atom is -0.506 e. The number of hydrogen-bond donors (Lipinski definition) is 2. The van der Waals surface area contributed by atoms with Crippen LogP contribution in [0.5, 0.6) is 5.75 Å². The number of rotatable bonds is 5. The Morgan fingerprint density at radius 2 is 1.40 bits per heavy atom. The molecule has 192 valence electrons. The first-order chi connectivity index (χ1) is 19.7. The summed E-state index contributed by atoms with van der Waals surface area (Å²) >= 11 is 1.76. The van der Waals surface area contributed by atoms with E-state index in [-0.39, 0.29) is 5.75 Å². The van der Waals surface area contributed by atoms with Crippen molar-refractivity contribution in [2.75, 3.05) is 5.73 Å². The normalized spacial score (nSPS) is 11.4. The van der Waals surface area contributed by atoms with E-state index in [1.807, 2.05) is 36.4 Å². The minimum absolute atomic E-state index is 0.195. The van der Waals surface area contributed by atoms with Gasteiger partial charge in [-0.2, -0.15) is 0 Å². The van der Waals surface area contributed by atoms with Gasteiger partial charge in [-0.15, -0.1) is 11.8 Å². The number of hydrogen-bond acceptors (Lipinski definition) is 4. The number of phenols is 1. The van der Waals surface area contributed by atoms with E-state index in [1.165, 1.54) is 38.2 Å². The average molecular weight is 535 g/mol. The van der Waals surface area contributed by atoms with E-state index < -0.39 is 0 Å². The molecule has 0 atom stereocenters. The average Bonchev–Trinajstić information content (AvgIpc) is 3.00. The van der Waals surface area contributed by atoms with Crippen LogP contribution in [0.3, 0.4) is 0 Å². The second kappa shape index (κ2) is 10.1. The molecule has 0 bridgehead atoms. The molecule has 0 unspecified atom stereocenters. The van der Waals surface area contributed by atoms with Crippen molar-refractivity contribution in [3.63, 3.8) is 0 Å². The molecule has 0 amide bonds. The summed E-state index contributed by atoms with van der Waals surface area (Å²) in [6.07, 6.45) is 1.72. The molecule has 6 aromatic carbocycles. The van der Waals surface area contributed by atoms with Gasteiger partial charge in [0.15, 0.2) is 0 Å². The van der Waals surface area contributed by atoms with Gasteiger partial charge in [-0.3, -0.25) is 4.98 Å². The van der Waals surface area contributed by atoms with Crippen LogP contribution in [-0.2, 0) is 5.75 Å². The van der Waals surface area contributed by atoms with Crippen LogP contribution in [-0.4, -0.2) is 10.1 Å². The summed E-state index contributed by atoms with van der Waals surface area (Å²) in [4.78, 5) is 5.58. The van der Waals surface area contributed by atoms with Gasteiger partial charge < -0.3 is 10.8 Å². The van der Waals surface area contributed by atoms with Gasteiger partial charge in [0.1, 0.15) is 11.3 Å². The molecule has 3 nitrogen and oxygen atoms in total. The van der Waals surface area contributed by atoms with Crippen molar-refractivity contribution in [2.45, 2.75) is 10.6 Å². The fourth-order valence-corrected chi connectivity index (χ4v) is 6.41. The van der Waals surface area contributed by atoms with Crippen LogP contribution in [0.25, 0.3) is 54.7 Å². The lowest BCUT2D eigenvalue weighted by Crippen LogP contribution is -1.90. The zero-order valence-electron chi connectivity index (χ0n) is 21.7. The Balaban J connectivity index is 1.30. The molecule has 40 heavy (non-hydrogen) atoms. The summed E-state index contributed by atoms with van der Waals surface area (Å²) in [5, 5.41) is 16.1. The number of aromatic hydroxyl groups is 1. The molecular weight excluding hydrogens is 508 g/mol. The van der Waals surface area contributed by atoms with Gasteiger partial charge in [-0.05, 0) is 91.8 Å². The summed E-state index contributed by atoms with van der Waals surface area (Å²) in [6, 6.07) is 42.0. The first-order valence-electron chi connectivity index (χ1n) is 13.2. The number of nitrogens with two attached hydrogens (primary N) is 1. The predicted molar refractivity (Wildman–Crippen MR) is 170 cm³/mol. The van der Waals surface area contributed by atoms with Crippen molar-refractivity contribution in [3.8, 4) is 28.0 Å². The van der Waals surface area contributed by atoms with Gasteiger partial charge in [0.05, 0.1) is 0 Å². The highest BCUT2D eigenvalue weighted by Crippen LogP contribution is 2.42. The summed E-state index contributed by atoms with van der Waals surface area (Å²) in [6.45, 7) is 0. The summed E-state index contributed by atoms with van der Waals surface area (Å²) in [5.41, 5.74) is 13.4.